The Morgan fingerprint density at radius 2 is 0.557 bits per heavy atom. The minimum atomic E-state index is 0.832. The second kappa shape index (κ2) is 22.8. The molecule has 0 aliphatic carbocycles. The first-order valence-corrected chi connectivity index (χ1v) is 34.2. The Labute approximate surface area is 561 Å². The normalized spacial score (nSPS) is 12.5. The SMILES string of the molecule is CCn1c2ccccc2c2cc(/C=C/c3cc(/C=C/c4ccc5c(c4)c4ccccc4n5CC)cc(/C=C/c4ccc5c(c4)c4ccccc4n5CCc4cccc5c(-n6c7ccccc7c7cc8c(cc76)c6ccccc6n8-c6cccc7ccccc67)cccc45)c3)ccc21. The molecule has 0 fully saturated rings. The first-order chi connectivity index (χ1) is 48.0. The molecule has 0 spiro atoms. The van der Waals surface area contributed by atoms with Crippen LogP contribution in [0.2, 0.25) is 0 Å². The lowest BCUT2D eigenvalue weighted by atomic mass is 10.0. The van der Waals surface area contributed by atoms with Crippen molar-refractivity contribution < 1.29 is 0 Å². The maximum atomic E-state index is 2.54. The number of para-hydroxylation sites is 5. The molecule has 14 aromatic carbocycles. The molecule has 97 heavy (non-hydrogen) atoms. The van der Waals surface area contributed by atoms with Crippen molar-refractivity contribution in [2.24, 2.45) is 0 Å². The number of aromatic nitrogens is 5. The Morgan fingerprint density at radius 1 is 0.227 bits per heavy atom. The summed E-state index contributed by atoms with van der Waals surface area (Å²) in [6.45, 7) is 7.15. The van der Waals surface area contributed by atoms with Crippen molar-refractivity contribution in [2.45, 2.75) is 39.9 Å². The van der Waals surface area contributed by atoms with Gasteiger partial charge in [-0.2, -0.15) is 0 Å². The smallest absolute Gasteiger partial charge is 0.0549 e. The lowest BCUT2D eigenvalue weighted by Gasteiger charge is -2.15. The van der Waals surface area contributed by atoms with Gasteiger partial charge < -0.3 is 22.8 Å². The summed E-state index contributed by atoms with van der Waals surface area (Å²) in [6, 6.07) is 106. The van der Waals surface area contributed by atoms with Crippen LogP contribution in [0.3, 0.4) is 0 Å². The van der Waals surface area contributed by atoms with Gasteiger partial charge >= 0.3 is 0 Å². The monoisotopic (exact) mass is 1240 g/mol. The highest BCUT2D eigenvalue weighted by Crippen LogP contribution is 2.43. The summed E-state index contributed by atoms with van der Waals surface area (Å²) in [4.78, 5) is 0. The Bertz CT molecular complexity index is 6390. The summed E-state index contributed by atoms with van der Waals surface area (Å²) in [6.07, 6.45) is 14.5. The zero-order valence-corrected chi connectivity index (χ0v) is 54.2. The molecule has 0 radical (unpaired) electrons. The molecule has 0 unspecified atom stereocenters. The molecule has 5 aromatic heterocycles. The predicted octanol–water partition coefficient (Wildman–Crippen LogP) is 24.3. The molecule has 0 saturated heterocycles. The lowest BCUT2D eigenvalue weighted by molar-refractivity contribution is 0.748. The second-order valence-electron chi connectivity index (χ2n) is 26.1. The van der Waals surface area contributed by atoms with Gasteiger partial charge in [-0.1, -0.05) is 212 Å². The number of hydrogen-bond donors (Lipinski definition) is 0. The van der Waals surface area contributed by atoms with E-state index in [2.05, 4.69) is 358 Å². The van der Waals surface area contributed by atoms with Crippen LogP contribution in [0.25, 0.3) is 178 Å². The van der Waals surface area contributed by atoms with Gasteiger partial charge in [-0.05, 0) is 179 Å². The van der Waals surface area contributed by atoms with Gasteiger partial charge in [-0.25, -0.2) is 0 Å². The molecule has 460 valence electrons. The minimum Gasteiger partial charge on any atom is -0.341 e. The van der Waals surface area contributed by atoms with Gasteiger partial charge in [0.05, 0.1) is 33.4 Å². The van der Waals surface area contributed by atoms with Crippen molar-refractivity contribution in [3.8, 4) is 11.4 Å². The standard InChI is InChI=1S/C92H67N5/c1-3-93-81-31-12-7-24-71(81)76-55-60(44-47-84(76)93)38-41-63-52-64(42-39-61-45-48-85-77(56-61)72-25-8-13-32-82(72)94(85)4-2)54-65(53-63)43-40-62-46-49-86-78(57-62)73-26-9-14-33-83(73)95(86)51-50-67-21-17-30-70-68(67)29-19-37-90(70)97-89-35-16-11-28-75(89)80-58-91-79(59-92(80)97)74-27-10-15-34-88(74)96(91)87-36-18-22-66-20-5-6-23-69(66)87/h5-49,52-59H,3-4,50-51H2,1-2H3/b41-38+,42-39+,43-40+. The van der Waals surface area contributed by atoms with Gasteiger partial charge in [0, 0.05) is 117 Å². The van der Waals surface area contributed by atoms with E-state index >= 15 is 0 Å². The molecule has 0 N–H and O–H groups in total. The third kappa shape index (κ3) is 9.21. The number of rotatable bonds is 13. The van der Waals surface area contributed by atoms with E-state index in [4.69, 9.17) is 0 Å². The molecule has 19 aromatic rings. The van der Waals surface area contributed by atoms with Gasteiger partial charge in [0.25, 0.3) is 0 Å². The lowest BCUT2D eigenvalue weighted by Crippen LogP contribution is -2.02. The fraction of sp³-hybridized carbons (Fsp3) is 0.0652. The van der Waals surface area contributed by atoms with Gasteiger partial charge in [-0.15, -0.1) is 0 Å². The number of benzene rings is 14. The van der Waals surface area contributed by atoms with Crippen LogP contribution in [-0.2, 0) is 26.1 Å². The van der Waals surface area contributed by atoms with Crippen LogP contribution in [0.1, 0.15) is 52.8 Å². The van der Waals surface area contributed by atoms with E-state index < -0.39 is 0 Å². The van der Waals surface area contributed by atoms with Crippen molar-refractivity contribution in [3.05, 3.63) is 324 Å². The van der Waals surface area contributed by atoms with E-state index in [-0.39, 0.29) is 0 Å². The van der Waals surface area contributed by atoms with E-state index in [0.717, 1.165) is 48.3 Å². The number of nitrogens with zero attached hydrogens (tertiary/aromatic N) is 5. The fourth-order valence-electron chi connectivity index (χ4n) is 16.4. The van der Waals surface area contributed by atoms with E-state index in [1.54, 1.807) is 0 Å². The number of aryl methyl sites for hydroxylation is 4. The third-order valence-electron chi connectivity index (χ3n) is 20.7. The Hall–Kier alpha value is -12.2. The molecule has 0 bridgehead atoms. The minimum absolute atomic E-state index is 0.832. The van der Waals surface area contributed by atoms with Crippen LogP contribution in [0.15, 0.2) is 285 Å². The van der Waals surface area contributed by atoms with Crippen LogP contribution < -0.4 is 0 Å². The van der Waals surface area contributed by atoms with Crippen LogP contribution in [0.5, 0.6) is 0 Å². The fourth-order valence-corrected chi connectivity index (χ4v) is 16.4. The highest BCUT2D eigenvalue weighted by atomic mass is 15.0. The average Bonchev–Trinajstić information content (AvgIpc) is 1.56. The van der Waals surface area contributed by atoms with Crippen LogP contribution in [0, 0.1) is 0 Å². The molecule has 0 atom stereocenters. The quantitative estimate of drug-likeness (QED) is 0.103. The van der Waals surface area contributed by atoms with Crippen LogP contribution in [0.4, 0.5) is 0 Å². The van der Waals surface area contributed by atoms with Crippen LogP contribution >= 0.6 is 0 Å². The summed E-state index contributed by atoms with van der Waals surface area (Å²) in [5.74, 6) is 0. The van der Waals surface area contributed by atoms with E-state index in [1.165, 1.54) is 159 Å². The molecular formula is C92H67N5. The second-order valence-corrected chi connectivity index (χ2v) is 26.1. The van der Waals surface area contributed by atoms with E-state index in [9.17, 15) is 0 Å². The summed E-state index contributed by atoms with van der Waals surface area (Å²) in [5, 5.41) is 17.7. The summed E-state index contributed by atoms with van der Waals surface area (Å²) < 4.78 is 12.4. The van der Waals surface area contributed by atoms with Crippen molar-refractivity contribution in [1.29, 1.82) is 0 Å². The highest BCUT2D eigenvalue weighted by molar-refractivity contribution is 6.20. The Morgan fingerprint density at radius 3 is 1.04 bits per heavy atom. The summed E-state index contributed by atoms with van der Waals surface area (Å²) in [7, 11) is 0. The Kier molecular flexibility index (Phi) is 13.2. The van der Waals surface area contributed by atoms with Gasteiger partial charge in [0.2, 0.25) is 0 Å². The van der Waals surface area contributed by atoms with Crippen molar-refractivity contribution >= 4 is 167 Å². The molecule has 5 nitrogen and oxygen atoms in total. The highest BCUT2D eigenvalue weighted by Gasteiger charge is 2.22. The van der Waals surface area contributed by atoms with Crippen molar-refractivity contribution in [1.82, 2.24) is 22.8 Å². The largest absolute Gasteiger partial charge is 0.341 e. The first-order valence-electron chi connectivity index (χ1n) is 34.2. The molecule has 0 amide bonds. The number of hydrogen-bond acceptors (Lipinski definition) is 0. The first kappa shape index (κ1) is 56.4. The zero-order valence-electron chi connectivity index (χ0n) is 54.2. The average molecular weight is 1240 g/mol. The van der Waals surface area contributed by atoms with Crippen LogP contribution in [-0.4, -0.2) is 22.8 Å². The molecule has 5 heterocycles. The number of fused-ring (bicyclic) bond motifs is 17. The summed E-state index contributed by atoms with van der Waals surface area (Å²) in [5.41, 5.74) is 23.1. The molecule has 5 heteroatoms. The molecular weight excluding hydrogens is 1180 g/mol. The topological polar surface area (TPSA) is 24.6 Å². The molecule has 0 aliphatic heterocycles. The summed E-state index contributed by atoms with van der Waals surface area (Å²) >= 11 is 0. The van der Waals surface area contributed by atoms with E-state index in [1.807, 2.05) is 0 Å². The zero-order chi connectivity index (χ0) is 64.2. The molecule has 0 aliphatic rings. The van der Waals surface area contributed by atoms with Crippen molar-refractivity contribution in [2.75, 3.05) is 0 Å². The Balaban J connectivity index is 0.659. The van der Waals surface area contributed by atoms with E-state index in [0.29, 0.717) is 0 Å². The van der Waals surface area contributed by atoms with Gasteiger partial charge in [0.15, 0.2) is 0 Å². The predicted molar refractivity (Wildman–Crippen MR) is 417 cm³/mol. The maximum Gasteiger partial charge on any atom is 0.0549 e. The maximum absolute atomic E-state index is 2.54. The molecule has 19 rings (SSSR count). The third-order valence-corrected chi connectivity index (χ3v) is 20.7. The van der Waals surface area contributed by atoms with Gasteiger partial charge in [0.1, 0.15) is 0 Å². The van der Waals surface area contributed by atoms with Gasteiger partial charge in [-0.3, -0.25) is 0 Å². The molecule has 0 saturated carbocycles. The van der Waals surface area contributed by atoms with Crippen molar-refractivity contribution in [3.63, 3.8) is 0 Å².